The second-order valence-corrected chi connectivity index (χ2v) is 8.02. The molecule has 2 aromatic carbocycles. The molecular formula is C21H22Cl3NO3. The maximum Gasteiger partial charge on any atom is 0.235 e. The molecule has 3 rings (SSSR count). The highest BCUT2D eigenvalue weighted by atomic mass is 35.5. The number of nitrogens with one attached hydrogen (secondary N) is 1. The van der Waals surface area contributed by atoms with E-state index >= 15 is 0 Å². The first-order valence-corrected chi connectivity index (χ1v) is 10.4. The van der Waals surface area contributed by atoms with E-state index in [1.54, 1.807) is 30.3 Å². The summed E-state index contributed by atoms with van der Waals surface area (Å²) < 4.78 is 11.1. The molecule has 1 aliphatic heterocycles. The van der Waals surface area contributed by atoms with E-state index in [9.17, 15) is 4.79 Å². The Labute approximate surface area is 180 Å². The molecule has 0 aromatic heterocycles. The molecule has 0 spiro atoms. The maximum absolute atomic E-state index is 13.4. The molecule has 7 heteroatoms. The minimum atomic E-state index is -0.788. The Bertz CT molecular complexity index is 851. The van der Waals surface area contributed by atoms with Crippen LogP contribution in [0.2, 0.25) is 15.1 Å². The van der Waals surface area contributed by atoms with Gasteiger partial charge in [-0.1, -0.05) is 47.8 Å². The lowest BCUT2D eigenvalue weighted by Crippen LogP contribution is -2.45. The van der Waals surface area contributed by atoms with E-state index < -0.39 is 5.41 Å². The van der Waals surface area contributed by atoms with Gasteiger partial charge in [0.1, 0.15) is 5.75 Å². The maximum atomic E-state index is 13.4. The van der Waals surface area contributed by atoms with Crippen molar-refractivity contribution in [2.45, 2.75) is 31.6 Å². The van der Waals surface area contributed by atoms with Crippen molar-refractivity contribution in [2.24, 2.45) is 0 Å². The number of benzene rings is 2. The number of carbonyl (C=O) groups is 1. The van der Waals surface area contributed by atoms with Gasteiger partial charge in [-0.05, 0) is 55.2 Å². The molecule has 28 heavy (non-hydrogen) atoms. The predicted molar refractivity (Wildman–Crippen MR) is 114 cm³/mol. The van der Waals surface area contributed by atoms with Gasteiger partial charge >= 0.3 is 0 Å². The summed E-state index contributed by atoms with van der Waals surface area (Å²) in [7, 11) is 0. The fourth-order valence-corrected chi connectivity index (χ4v) is 4.20. The third kappa shape index (κ3) is 4.57. The highest BCUT2D eigenvalue weighted by Crippen LogP contribution is 2.41. The molecule has 1 heterocycles. The third-order valence-corrected chi connectivity index (χ3v) is 5.72. The van der Waals surface area contributed by atoms with E-state index in [4.69, 9.17) is 44.3 Å². The second kappa shape index (κ2) is 9.36. The monoisotopic (exact) mass is 441 g/mol. The number of ether oxygens (including phenoxy) is 2. The zero-order chi connectivity index (χ0) is 20.1. The average Bonchev–Trinajstić information content (AvgIpc) is 2.68. The van der Waals surface area contributed by atoms with Crippen molar-refractivity contribution < 1.29 is 14.3 Å². The quantitative estimate of drug-likeness (QED) is 0.586. The third-order valence-electron chi connectivity index (χ3n) is 4.88. The number of anilines is 1. The largest absolute Gasteiger partial charge is 0.492 e. The Kier molecular flexibility index (Phi) is 7.10. The minimum Gasteiger partial charge on any atom is -0.492 e. The van der Waals surface area contributed by atoms with Crippen molar-refractivity contribution in [1.29, 1.82) is 0 Å². The number of hydrogen-bond donors (Lipinski definition) is 1. The van der Waals surface area contributed by atoms with Crippen molar-refractivity contribution >= 4 is 46.4 Å². The molecule has 1 aliphatic rings. The van der Waals surface area contributed by atoms with Crippen LogP contribution in [0.5, 0.6) is 5.75 Å². The van der Waals surface area contributed by atoms with E-state index in [1.807, 2.05) is 13.0 Å². The summed E-state index contributed by atoms with van der Waals surface area (Å²) in [5.74, 6) is 0.460. The molecule has 1 amide bonds. The fraction of sp³-hybridized carbons (Fsp3) is 0.381. The van der Waals surface area contributed by atoms with Crippen LogP contribution in [0.4, 0.5) is 5.69 Å². The number of carbonyl (C=O) groups excluding carboxylic acids is 1. The molecule has 0 bridgehead atoms. The average molecular weight is 443 g/mol. The van der Waals surface area contributed by atoms with Gasteiger partial charge in [0.15, 0.2) is 0 Å². The van der Waals surface area contributed by atoms with Gasteiger partial charge in [0.05, 0.1) is 17.0 Å². The standard InChI is InChI=1S/C21H22Cl3NO3/c1-2-9-28-19-6-4-15(13-18(19)24)25-20(26)21(7-10-27-11-8-21)16-5-3-14(22)12-17(16)23/h3-6,12-13H,2,7-11H2,1H3,(H,25,26). The number of halogens is 3. The van der Waals surface area contributed by atoms with Crippen molar-refractivity contribution in [3.63, 3.8) is 0 Å². The second-order valence-electron chi connectivity index (χ2n) is 6.77. The molecule has 0 radical (unpaired) electrons. The van der Waals surface area contributed by atoms with Crippen molar-refractivity contribution in [2.75, 3.05) is 25.1 Å². The van der Waals surface area contributed by atoms with E-state index in [1.165, 1.54) is 0 Å². The molecule has 1 N–H and O–H groups in total. The van der Waals surface area contributed by atoms with Gasteiger partial charge in [-0.2, -0.15) is 0 Å². The lowest BCUT2D eigenvalue weighted by molar-refractivity contribution is -0.125. The molecule has 1 saturated heterocycles. The SMILES string of the molecule is CCCOc1ccc(NC(=O)C2(c3ccc(Cl)cc3Cl)CCOCC2)cc1Cl. The van der Waals surface area contributed by atoms with E-state index in [2.05, 4.69) is 5.32 Å². The minimum absolute atomic E-state index is 0.140. The van der Waals surface area contributed by atoms with Gasteiger partial charge < -0.3 is 14.8 Å². The lowest BCUT2D eigenvalue weighted by Gasteiger charge is -2.36. The summed E-state index contributed by atoms with van der Waals surface area (Å²) in [6.45, 7) is 3.58. The highest BCUT2D eigenvalue weighted by Gasteiger charge is 2.43. The molecule has 0 aliphatic carbocycles. The summed E-state index contributed by atoms with van der Waals surface area (Å²) in [6.07, 6.45) is 1.96. The van der Waals surface area contributed by atoms with Crippen molar-refractivity contribution in [3.05, 3.63) is 57.0 Å². The van der Waals surface area contributed by atoms with Crippen LogP contribution in [0.1, 0.15) is 31.7 Å². The summed E-state index contributed by atoms with van der Waals surface area (Å²) in [5.41, 5.74) is 0.576. The van der Waals surface area contributed by atoms with Crippen molar-refractivity contribution in [3.8, 4) is 5.75 Å². The van der Waals surface area contributed by atoms with Crippen LogP contribution < -0.4 is 10.1 Å². The summed E-state index contributed by atoms with van der Waals surface area (Å²) in [6, 6.07) is 10.5. The molecule has 2 aromatic rings. The summed E-state index contributed by atoms with van der Waals surface area (Å²) in [4.78, 5) is 13.4. The lowest BCUT2D eigenvalue weighted by atomic mass is 9.73. The molecular weight excluding hydrogens is 421 g/mol. The Hall–Kier alpha value is -1.46. The number of amides is 1. The number of rotatable bonds is 6. The van der Waals surface area contributed by atoms with E-state index in [0.717, 1.165) is 12.0 Å². The van der Waals surface area contributed by atoms with Crippen LogP contribution in [-0.4, -0.2) is 25.7 Å². The fourth-order valence-electron chi connectivity index (χ4n) is 3.37. The predicted octanol–water partition coefficient (Wildman–Crippen LogP) is 6.12. The first-order valence-electron chi connectivity index (χ1n) is 9.23. The smallest absolute Gasteiger partial charge is 0.235 e. The molecule has 0 saturated carbocycles. The van der Waals surface area contributed by atoms with Crippen LogP contribution in [0.3, 0.4) is 0 Å². The molecule has 0 atom stereocenters. The summed E-state index contributed by atoms with van der Waals surface area (Å²) >= 11 is 18.8. The zero-order valence-corrected chi connectivity index (χ0v) is 17.8. The van der Waals surface area contributed by atoms with Gasteiger partial charge in [-0.15, -0.1) is 0 Å². The molecule has 0 unspecified atom stereocenters. The van der Waals surface area contributed by atoms with Gasteiger partial charge in [-0.3, -0.25) is 4.79 Å². The normalized spacial score (nSPS) is 15.9. The van der Waals surface area contributed by atoms with E-state index in [0.29, 0.717) is 59.2 Å². The Morgan fingerprint density at radius 1 is 1.11 bits per heavy atom. The van der Waals surface area contributed by atoms with Crippen LogP contribution in [-0.2, 0) is 14.9 Å². The van der Waals surface area contributed by atoms with Crippen LogP contribution in [0.15, 0.2) is 36.4 Å². The zero-order valence-electron chi connectivity index (χ0n) is 15.6. The topological polar surface area (TPSA) is 47.6 Å². The van der Waals surface area contributed by atoms with Crippen LogP contribution >= 0.6 is 34.8 Å². The molecule has 150 valence electrons. The molecule has 4 nitrogen and oxygen atoms in total. The van der Waals surface area contributed by atoms with Crippen LogP contribution in [0, 0.1) is 0 Å². The Morgan fingerprint density at radius 3 is 2.50 bits per heavy atom. The highest BCUT2D eigenvalue weighted by molar-refractivity contribution is 6.35. The Balaban J connectivity index is 1.87. The van der Waals surface area contributed by atoms with Gasteiger partial charge in [-0.25, -0.2) is 0 Å². The first-order chi connectivity index (χ1) is 13.5. The van der Waals surface area contributed by atoms with Crippen molar-refractivity contribution in [1.82, 2.24) is 0 Å². The van der Waals surface area contributed by atoms with Gasteiger partial charge in [0, 0.05) is 28.9 Å². The molecule has 1 fully saturated rings. The number of hydrogen-bond acceptors (Lipinski definition) is 3. The van der Waals surface area contributed by atoms with E-state index in [-0.39, 0.29) is 5.91 Å². The van der Waals surface area contributed by atoms with Gasteiger partial charge in [0.25, 0.3) is 0 Å². The van der Waals surface area contributed by atoms with Gasteiger partial charge in [0.2, 0.25) is 5.91 Å². The van der Waals surface area contributed by atoms with Crippen LogP contribution in [0.25, 0.3) is 0 Å². The summed E-state index contributed by atoms with van der Waals surface area (Å²) in [5, 5.41) is 4.46. The first kappa shape index (κ1) is 21.3. The Morgan fingerprint density at radius 2 is 1.86 bits per heavy atom.